The zero-order valence-corrected chi connectivity index (χ0v) is 16.6. The molecule has 0 unspecified atom stereocenters. The Morgan fingerprint density at radius 3 is 2.62 bits per heavy atom. The molecule has 1 aliphatic heterocycles. The molecule has 1 saturated heterocycles. The predicted molar refractivity (Wildman–Crippen MR) is 110 cm³/mol. The molecule has 0 saturated carbocycles. The second-order valence-electron chi connectivity index (χ2n) is 7.07. The molecule has 3 aromatic rings. The number of benzene rings is 2. The van der Waals surface area contributed by atoms with Crippen molar-refractivity contribution < 1.29 is 19.5 Å². The second-order valence-corrected chi connectivity index (χ2v) is 7.51. The van der Waals surface area contributed by atoms with Crippen molar-refractivity contribution in [3.63, 3.8) is 0 Å². The number of rotatable bonds is 6. The van der Waals surface area contributed by atoms with Gasteiger partial charge in [0.1, 0.15) is 5.75 Å². The van der Waals surface area contributed by atoms with Crippen molar-refractivity contribution in [2.24, 2.45) is 10.2 Å². The Morgan fingerprint density at radius 1 is 1.14 bits per heavy atom. The molecular weight excluding hydrogens is 392 g/mol. The van der Waals surface area contributed by atoms with E-state index in [1.165, 1.54) is 17.7 Å². The average molecular weight is 414 g/mol. The maximum atomic E-state index is 12.1. The quantitative estimate of drug-likeness (QED) is 0.608. The predicted octanol–water partition coefficient (Wildman–Crippen LogP) is 3.33. The van der Waals surface area contributed by atoms with Gasteiger partial charge in [-0.05, 0) is 30.3 Å². The van der Waals surface area contributed by atoms with Gasteiger partial charge in [0, 0.05) is 23.3 Å². The average Bonchev–Trinajstić information content (AvgIpc) is 3.34. The molecule has 150 valence electrons. The van der Waals surface area contributed by atoms with Gasteiger partial charge in [-0.25, -0.2) is 0 Å². The summed E-state index contributed by atoms with van der Waals surface area (Å²) >= 11 is 5.83. The van der Waals surface area contributed by atoms with Crippen molar-refractivity contribution in [3.8, 4) is 11.6 Å². The van der Waals surface area contributed by atoms with Gasteiger partial charge >= 0.3 is 5.91 Å². The van der Waals surface area contributed by atoms with E-state index in [1.54, 1.807) is 24.3 Å². The smallest absolute Gasteiger partial charge is 0.302 e. The number of fused-ring (bicyclic) bond motifs is 1. The first-order valence-corrected chi connectivity index (χ1v) is 9.96. The molecule has 7 nitrogen and oxygen atoms in total. The highest BCUT2D eigenvalue weighted by atomic mass is 35.5. The number of hydrogen-bond donors (Lipinski definition) is 2. The highest BCUT2D eigenvalue weighted by Gasteiger charge is 2.22. The van der Waals surface area contributed by atoms with Crippen LogP contribution in [0.3, 0.4) is 0 Å². The number of azo groups is 1. The number of hydrogen-bond acceptors (Lipinski definition) is 4. The highest BCUT2D eigenvalue weighted by molar-refractivity contribution is 6.30. The largest absolute Gasteiger partial charge is 0.493 e. The molecule has 8 heteroatoms. The molecule has 0 aliphatic carbocycles. The summed E-state index contributed by atoms with van der Waals surface area (Å²) in [6.07, 6.45) is 2.40. The summed E-state index contributed by atoms with van der Waals surface area (Å²) in [5, 5.41) is 19.9. The third-order valence-corrected chi connectivity index (χ3v) is 5.30. The normalized spacial score (nSPS) is 14.8. The van der Waals surface area contributed by atoms with Crippen LogP contribution in [0.4, 0.5) is 5.69 Å². The van der Waals surface area contributed by atoms with Crippen LogP contribution in [-0.2, 0) is 11.5 Å². The Hall–Kier alpha value is -2.90. The Morgan fingerprint density at radius 2 is 1.86 bits per heavy atom. The number of ether oxygens (including phenoxy) is 1. The summed E-state index contributed by atoms with van der Waals surface area (Å²) in [6, 6.07) is 14.3. The van der Waals surface area contributed by atoms with E-state index in [-0.39, 0.29) is 12.5 Å². The van der Waals surface area contributed by atoms with Crippen molar-refractivity contribution in [1.82, 2.24) is 4.57 Å². The van der Waals surface area contributed by atoms with E-state index in [9.17, 15) is 9.90 Å². The summed E-state index contributed by atoms with van der Waals surface area (Å²) < 4.78 is 7.24. The summed E-state index contributed by atoms with van der Waals surface area (Å²) in [6.45, 7) is 2.59. The Balaban J connectivity index is 1.51. The fourth-order valence-corrected chi connectivity index (χ4v) is 3.72. The number of para-hydroxylation sites is 1. The molecule has 2 heterocycles. The zero-order chi connectivity index (χ0) is 20.2. The maximum Gasteiger partial charge on any atom is 0.302 e. The second kappa shape index (κ2) is 8.63. The van der Waals surface area contributed by atoms with Crippen LogP contribution < -0.4 is 9.64 Å². The van der Waals surface area contributed by atoms with E-state index in [0.717, 1.165) is 24.0 Å². The van der Waals surface area contributed by atoms with Gasteiger partial charge in [-0.2, -0.15) is 0 Å². The van der Waals surface area contributed by atoms with E-state index in [4.69, 9.17) is 16.3 Å². The number of carbonyl (C=O) groups is 1. The van der Waals surface area contributed by atoms with Crippen LogP contribution in [0.15, 0.2) is 58.8 Å². The third-order valence-electron chi connectivity index (χ3n) is 5.05. The van der Waals surface area contributed by atoms with E-state index in [1.807, 2.05) is 28.8 Å². The molecule has 1 aromatic heterocycles. The summed E-state index contributed by atoms with van der Waals surface area (Å²) in [7, 11) is 0. The van der Waals surface area contributed by atoms with Gasteiger partial charge in [-0.15, -0.1) is 10.2 Å². The molecule has 1 amide bonds. The third kappa shape index (κ3) is 4.41. The molecular formula is C21H22ClN4O3+. The number of aromatic hydroxyl groups is 1. The lowest BCUT2D eigenvalue weighted by Gasteiger charge is -2.14. The first-order valence-electron chi connectivity index (χ1n) is 9.58. The first-order chi connectivity index (χ1) is 14.1. The Bertz CT molecular complexity index is 1040. The first kappa shape index (κ1) is 19.4. The fraction of sp³-hybridized carbons (Fsp3) is 0.286. The number of halogens is 1. The molecule has 0 radical (unpaired) electrons. The van der Waals surface area contributed by atoms with Gasteiger partial charge in [0.15, 0.2) is 19.0 Å². The van der Waals surface area contributed by atoms with E-state index < -0.39 is 5.91 Å². The van der Waals surface area contributed by atoms with Crippen LogP contribution in [0.2, 0.25) is 5.02 Å². The summed E-state index contributed by atoms with van der Waals surface area (Å²) in [5.74, 6) is 0.00751. The lowest BCUT2D eigenvalue weighted by Crippen LogP contribution is -3.09. The van der Waals surface area contributed by atoms with Crippen molar-refractivity contribution in [2.45, 2.75) is 19.5 Å². The van der Waals surface area contributed by atoms with Gasteiger partial charge in [0.25, 0.3) is 0 Å². The van der Waals surface area contributed by atoms with Gasteiger partial charge < -0.3 is 14.7 Å². The van der Waals surface area contributed by atoms with Crippen LogP contribution in [-0.4, -0.2) is 35.3 Å². The minimum atomic E-state index is -0.540. The maximum absolute atomic E-state index is 12.1. The summed E-state index contributed by atoms with van der Waals surface area (Å²) in [4.78, 5) is 13.5. The van der Waals surface area contributed by atoms with Crippen molar-refractivity contribution in [2.75, 3.05) is 19.7 Å². The molecule has 1 aliphatic rings. The van der Waals surface area contributed by atoms with Gasteiger partial charge in [-0.1, -0.05) is 29.8 Å². The summed E-state index contributed by atoms with van der Waals surface area (Å²) in [5.41, 5.74) is 1.18. The van der Waals surface area contributed by atoms with Crippen LogP contribution in [0.25, 0.3) is 10.9 Å². The fourth-order valence-electron chi connectivity index (χ4n) is 3.60. The van der Waals surface area contributed by atoms with Crippen molar-refractivity contribution in [1.29, 1.82) is 0 Å². The number of amides is 1. The highest BCUT2D eigenvalue weighted by Crippen LogP contribution is 2.38. The van der Waals surface area contributed by atoms with Crippen LogP contribution in [0.1, 0.15) is 12.8 Å². The molecule has 4 rings (SSSR count). The lowest BCUT2D eigenvalue weighted by molar-refractivity contribution is -0.910. The van der Waals surface area contributed by atoms with Crippen LogP contribution >= 0.6 is 11.6 Å². The SMILES string of the molecule is O=C(COc1ccc(Cl)cc1)N=Nc1c(O)n(C[NH+]2CCCC2)c2ccccc12. The number of carbonyl (C=O) groups excluding carboxylic acids is 1. The number of nitrogens with zero attached hydrogens (tertiary/aromatic N) is 3. The van der Waals surface area contributed by atoms with Crippen molar-refractivity contribution >= 4 is 34.1 Å². The number of likely N-dealkylation sites (tertiary alicyclic amines) is 1. The van der Waals surface area contributed by atoms with E-state index in [0.29, 0.717) is 23.1 Å². The van der Waals surface area contributed by atoms with E-state index in [2.05, 4.69) is 10.2 Å². The molecule has 0 spiro atoms. The standard InChI is InChI=1S/C21H21ClN4O3/c22-15-7-9-16(10-8-15)29-13-19(27)23-24-20-17-5-1-2-6-18(17)26(21(20)28)14-25-11-3-4-12-25/h1-2,5-10,28H,3-4,11-14H2/p+1. The van der Waals surface area contributed by atoms with Crippen molar-refractivity contribution in [3.05, 3.63) is 53.6 Å². The topological polar surface area (TPSA) is 80.6 Å². The Labute approximate surface area is 173 Å². The van der Waals surface area contributed by atoms with Gasteiger partial charge in [-0.3, -0.25) is 9.36 Å². The van der Waals surface area contributed by atoms with Gasteiger partial charge in [0.05, 0.1) is 18.6 Å². The lowest BCUT2D eigenvalue weighted by atomic mass is 10.2. The molecule has 1 fully saturated rings. The number of quaternary nitrogens is 1. The minimum absolute atomic E-state index is 0.0285. The molecule has 2 aromatic carbocycles. The molecule has 2 N–H and O–H groups in total. The zero-order valence-electron chi connectivity index (χ0n) is 15.8. The number of aromatic nitrogens is 1. The molecule has 0 atom stereocenters. The van der Waals surface area contributed by atoms with E-state index >= 15 is 0 Å². The monoisotopic (exact) mass is 413 g/mol. The van der Waals surface area contributed by atoms with Crippen LogP contribution in [0, 0.1) is 0 Å². The molecule has 29 heavy (non-hydrogen) atoms. The molecule has 0 bridgehead atoms. The van der Waals surface area contributed by atoms with Crippen LogP contribution in [0.5, 0.6) is 11.6 Å². The minimum Gasteiger partial charge on any atom is -0.493 e. The number of nitrogens with one attached hydrogen (secondary N) is 1. The Kier molecular flexibility index (Phi) is 5.78. The van der Waals surface area contributed by atoms with Gasteiger partial charge in [0.2, 0.25) is 5.88 Å².